The first-order valence-corrected chi connectivity index (χ1v) is 9.74. The predicted molar refractivity (Wildman–Crippen MR) is 110 cm³/mol. The summed E-state index contributed by atoms with van der Waals surface area (Å²) in [7, 11) is 3.81. The average molecular weight is 383 g/mol. The van der Waals surface area contributed by atoms with Crippen molar-refractivity contribution in [2.75, 3.05) is 31.3 Å². The smallest absolute Gasteiger partial charge is 0.177 e. The zero-order chi connectivity index (χ0) is 19.7. The number of hydrogen-bond acceptors (Lipinski definition) is 6. The third-order valence-corrected chi connectivity index (χ3v) is 5.38. The SMILES string of the molecule is CNc1cc(C)nc(Nc2nc3c(c(C4=CCC(NC)CC4)c2F)OCC3)c1. The standard InChI is InChI=1S/C21H26FN5O/c1-12-10-15(24-3)11-17(25-12)27-21-19(22)18(20-16(26-21)8-9-28-20)13-4-6-14(23-2)7-5-13/h4,10-11,14,23H,5-9H2,1-3H3,(H2,24,25,26,27). The number of pyridine rings is 2. The van der Waals surface area contributed by atoms with E-state index in [1.165, 1.54) is 0 Å². The van der Waals surface area contributed by atoms with Gasteiger partial charge >= 0.3 is 0 Å². The Kier molecular flexibility index (Phi) is 5.17. The van der Waals surface area contributed by atoms with E-state index in [0.29, 0.717) is 36.2 Å². The summed E-state index contributed by atoms with van der Waals surface area (Å²) in [6.07, 6.45) is 5.49. The van der Waals surface area contributed by atoms with Gasteiger partial charge in [-0.15, -0.1) is 0 Å². The molecule has 2 aliphatic rings. The van der Waals surface area contributed by atoms with Crippen LogP contribution in [0.5, 0.6) is 5.75 Å². The van der Waals surface area contributed by atoms with Crippen LogP contribution in [-0.2, 0) is 6.42 Å². The molecule has 0 aromatic carbocycles. The summed E-state index contributed by atoms with van der Waals surface area (Å²) >= 11 is 0. The maximum atomic E-state index is 15.6. The highest BCUT2D eigenvalue weighted by atomic mass is 19.1. The molecule has 1 aliphatic heterocycles. The van der Waals surface area contributed by atoms with Crippen LogP contribution in [0.25, 0.3) is 5.57 Å². The lowest BCUT2D eigenvalue weighted by atomic mass is 9.90. The van der Waals surface area contributed by atoms with Gasteiger partial charge in [0.1, 0.15) is 5.82 Å². The molecule has 0 saturated heterocycles. The van der Waals surface area contributed by atoms with Crippen molar-refractivity contribution >= 4 is 22.9 Å². The Hall–Kier alpha value is -2.67. The maximum Gasteiger partial charge on any atom is 0.177 e. The van der Waals surface area contributed by atoms with Gasteiger partial charge in [0.15, 0.2) is 17.4 Å². The summed E-state index contributed by atoms with van der Waals surface area (Å²) < 4.78 is 21.3. The van der Waals surface area contributed by atoms with E-state index in [1.807, 2.05) is 33.2 Å². The molecule has 3 heterocycles. The number of allylic oxidation sites excluding steroid dienone is 1. The minimum atomic E-state index is -0.371. The Bertz CT molecular complexity index is 927. The van der Waals surface area contributed by atoms with E-state index in [-0.39, 0.29) is 11.6 Å². The van der Waals surface area contributed by atoms with Crippen LogP contribution >= 0.6 is 0 Å². The number of fused-ring (bicyclic) bond motifs is 1. The van der Waals surface area contributed by atoms with Crippen molar-refractivity contribution in [1.29, 1.82) is 0 Å². The zero-order valence-electron chi connectivity index (χ0n) is 16.5. The molecule has 6 nitrogen and oxygen atoms in total. The fourth-order valence-electron chi connectivity index (χ4n) is 3.86. The number of anilines is 3. The molecule has 2 aromatic rings. The maximum absolute atomic E-state index is 15.6. The minimum absolute atomic E-state index is 0.205. The first-order valence-electron chi connectivity index (χ1n) is 9.74. The van der Waals surface area contributed by atoms with E-state index in [1.54, 1.807) is 0 Å². The van der Waals surface area contributed by atoms with Gasteiger partial charge in [-0.2, -0.15) is 0 Å². The topological polar surface area (TPSA) is 71.1 Å². The molecule has 2 aromatic heterocycles. The molecule has 0 amide bonds. The lowest BCUT2D eigenvalue weighted by molar-refractivity contribution is 0.353. The fraction of sp³-hybridized carbons (Fsp3) is 0.429. The van der Waals surface area contributed by atoms with Crippen LogP contribution in [0.2, 0.25) is 0 Å². The monoisotopic (exact) mass is 383 g/mol. The second-order valence-corrected chi connectivity index (χ2v) is 7.27. The summed E-state index contributed by atoms with van der Waals surface area (Å²) in [5, 5.41) is 9.47. The van der Waals surface area contributed by atoms with Crippen LogP contribution in [0.3, 0.4) is 0 Å². The van der Waals surface area contributed by atoms with Gasteiger partial charge in [0.25, 0.3) is 0 Å². The van der Waals surface area contributed by atoms with Crippen LogP contribution < -0.4 is 20.7 Å². The Labute approximate surface area is 164 Å². The van der Waals surface area contributed by atoms with Crippen LogP contribution in [-0.4, -0.2) is 36.7 Å². The summed E-state index contributed by atoms with van der Waals surface area (Å²) in [6.45, 7) is 2.44. The van der Waals surface area contributed by atoms with Gasteiger partial charge in [0, 0.05) is 37.0 Å². The predicted octanol–water partition coefficient (Wildman–Crippen LogP) is 3.80. The molecule has 0 spiro atoms. The molecular weight excluding hydrogens is 357 g/mol. The number of rotatable bonds is 5. The molecule has 0 fully saturated rings. The number of aryl methyl sites for hydroxylation is 1. The molecule has 7 heteroatoms. The molecule has 1 atom stereocenters. The molecule has 0 bridgehead atoms. The van der Waals surface area contributed by atoms with Crippen molar-refractivity contribution < 1.29 is 9.13 Å². The van der Waals surface area contributed by atoms with Gasteiger partial charge in [0.2, 0.25) is 0 Å². The number of nitrogens with one attached hydrogen (secondary N) is 3. The number of hydrogen-bond donors (Lipinski definition) is 3. The summed E-state index contributed by atoms with van der Waals surface area (Å²) in [4.78, 5) is 8.97. The summed E-state index contributed by atoms with van der Waals surface area (Å²) in [5.41, 5.74) is 4.11. The number of ether oxygens (including phenoxy) is 1. The van der Waals surface area contributed by atoms with Gasteiger partial charge < -0.3 is 20.7 Å². The minimum Gasteiger partial charge on any atom is -0.491 e. The van der Waals surface area contributed by atoms with Gasteiger partial charge in [-0.3, -0.25) is 0 Å². The molecule has 4 rings (SSSR count). The highest BCUT2D eigenvalue weighted by Crippen LogP contribution is 2.41. The Morgan fingerprint density at radius 2 is 2.04 bits per heavy atom. The second-order valence-electron chi connectivity index (χ2n) is 7.27. The van der Waals surface area contributed by atoms with E-state index in [2.05, 4.69) is 32.0 Å². The molecule has 1 unspecified atom stereocenters. The molecule has 3 N–H and O–H groups in total. The first kappa shape index (κ1) is 18.7. The Morgan fingerprint density at radius 3 is 2.75 bits per heavy atom. The van der Waals surface area contributed by atoms with Crippen LogP contribution in [0.1, 0.15) is 36.2 Å². The van der Waals surface area contributed by atoms with Crippen LogP contribution in [0, 0.1) is 12.7 Å². The van der Waals surface area contributed by atoms with E-state index in [9.17, 15) is 0 Å². The van der Waals surface area contributed by atoms with E-state index in [0.717, 1.165) is 41.9 Å². The fourth-order valence-corrected chi connectivity index (χ4v) is 3.86. The van der Waals surface area contributed by atoms with Gasteiger partial charge in [-0.1, -0.05) is 6.08 Å². The van der Waals surface area contributed by atoms with Crippen molar-refractivity contribution in [2.24, 2.45) is 0 Å². The quantitative estimate of drug-likeness (QED) is 0.730. The van der Waals surface area contributed by atoms with Crippen molar-refractivity contribution in [3.63, 3.8) is 0 Å². The molecule has 0 radical (unpaired) electrons. The van der Waals surface area contributed by atoms with E-state index in [4.69, 9.17) is 4.74 Å². The Morgan fingerprint density at radius 1 is 1.18 bits per heavy atom. The van der Waals surface area contributed by atoms with Crippen LogP contribution in [0.15, 0.2) is 18.2 Å². The summed E-state index contributed by atoms with van der Waals surface area (Å²) in [6, 6.07) is 4.22. The van der Waals surface area contributed by atoms with Gasteiger partial charge in [-0.25, -0.2) is 14.4 Å². The third kappa shape index (κ3) is 3.54. The lowest BCUT2D eigenvalue weighted by Crippen LogP contribution is -2.26. The van der Waals surface area contributed by atoms with Crippen molar-refractivity contribution in [3.8, 4) is 5.75 Å². The molecular formula is C21H26FN5O. The number of halogens is 1. The number of aromatic nitrogens is 2. The molecule has 0 saturated carbocycles. The highest BCUT2D eigenvalue weighted by molar-refractivity contribution is 5.76. The number of nitrogens with zero attached hydrogens (tertiary/aromatic N) is 2. The summed E-state index contributed by atoms with van der Waals surface area (Å²) in [5.74, 6) is 0.999. The third-order valence-electron chi connectivity index (χ3n) is 5.38. The lowest BCUT2D eigenvalue weighted by Gasteiger charge is -2.23. The first-order chi connectivity index (χ1) is 13.6. The molecule has 1 aliphatic carbocycles. The van der Waals surface area contributed by atoms with Gasteiger partial charge in [-0.05, 0) is 44.9 Å². The van der Waals surface area contributed by atoms with E-state index < -0.39 is 0 Å². The molecule has 148 valence electrons. The van der Waals surface area contributed by atoms with Gasteiger partial charge in [0.05, 0.1) is 17.9 Å². The van der Waals surface area contributed by atoms with Crippen molar-refractivity contribution in [2.45, 2.75) is 38.6 Å². The van der Waals surface area contributed by atoms with Crippen LogP contribution in [0.4, 0.5) is 21.7 Å². The van der Waals surface area contributed by atoms with Crippen molar-refractivity contribution in [1.82, 2.24) is 15.3 Å². The molecule has 28 heavy (non-hydrogen) atoms. The average Bonchev–Trinajstić information content (AvgIpc) is 3.16. The normalized spacial score (nSPS) is 18.3. The Balaban J connectivity index is 1.74. The largest absolute Gasteiger partial charge is 0.491 e. The van der Waals surface area contributed by atoms with E-state index >= 15 is 4.39 Å². The van der Waals surface area contributed by atoms with Crippen molar-refractivity contribution in [3.05, 3.63) is 41.0 Å². The zero-order valence-corrected chi connectivity index (χ0v) is 16.5. The second kappa shape index (κ2) is 7.75. The highest BCUT2D eigenvalue weighted by Gasteiger charge is 2.28.